The molecule has 0 aliphatic heterocycles. The lowest BCUT2D eigenvalue weighted by Gasteiger charge is -1.78. The van der Waals surface area contributed by atoms with Crippen molar-refractivity contribution in [3.63, 3.8) is 0 Å². The zero-order valence-corrected chi connectivity index (χ0v) is 4.73. The number of hydrogen-bond donors (Lipinski definition) is 1. The zero-order valence-electron chi connectivity index (χ0n) is 4.73. The monoisotopic (exact) mass is 98.1 g/mol. The van der Waals surface area contributed by atoms with Crippen LogP contribution in [0.15, 0.2) is 4.99 Å². The molecule has 0 bridgehead atoms. The molecule has 0 radical (unpaired) electrons. The maximum absolute atomic E-state index is 6.80. The summed E-state index contributed by atoms with van der Waals surface area (Å²) in [7, 11) is 0. The summed E-state index contributed by atoms with van der Waals surface area (Å²) in [5.41, 5.74) is 0. The van der Waals surface area contributed by atoms with Gasteiger partial charge in [0, 0.05) is 6.21 Å². The van der Waals surface area contributed by atoms with Crippen molar-refractivity contribution in [1.82, 2.24) is 0 Å². The summed E-state index contributed by atoms with van der Waals surface area (Å²) < 4.78 is 0. The summed E-state index contributed by atoms with van der Waals surface area (Å²) in [6.45, 7) is 3.65. The minimum atomic E-state index is 0.377. The molecule has 0 spiro atoms. The van der Waals surface area contributed by atoms with Gasteiger partial charge in [0.05, 0.1) is 0 Å². The van der Waals surface area contributed by atoms with Crippen molar-refractivity contribution in [1.29, 1.82) is 5.41 Å². The van der Waals surface area contributed by atoms with Crippen LogP contribution in [-0.2, 0) is 0 Å². The van der Waals surface area contributed by atoms with E-state index in [9.17, 15) is 0 Å². The van der Waals surface area contributed by atoms with E-state index in [4.69, 9.17) is 5.41 Å². The first kappa shape index (κ1) is 6.34. The quantitative estimate of drug-likeness (QED) is 0.381. The summed E-state index contributed by atoms with van der Waals surface area (Å²) in [5, 5.41) is 6.80. The molecular weight excluding hydrogens is 88.1 g/mol. The van der Waals surface area contributed by atoms with Crippen LogP contribution >= 0.6 is 0 Å². The van der Waals surface area contributed by atoms with Crippen LogP contribution in [0.3, 0.4) is 0 Å². The molecule has 0 aliphatic rings. The summed E-state index contributed by atoms with van der Waals surface area (Å²) in [6.07, 6.45) is 2.64. The number of nitrogens with zero attached hydrogens (tertiary/aromatic N) is 1. The van der Waals surface area contributed by atoms with Gasteiger partial charge in [-0.25, -0.2) is 4.99 Å². The van der Waals surface area contributed by atoms with Gasteiger partial charge in [0.1, 0.15) is 5.84 Å². The van der Waals surface area contributed by atoms with Crippen LogP contribution in [-0.4, -0.2) is 12.1 Å². The first-order valence-electron chi connectivity index (χ1n) is 2.35. The third-order valence-electron chi connectivity index (χ3n) is 0.468. The van der Waals surface area contributed by atoms with Gasteiger partial charge in [-0.1, -0.05) is 6.92 Å². The summed E-state index contributed by atoms with van der Waals surface area (Å²) >= 11 is 0. The topological polar surface area (TPSA) is 36.2 Å². The first-order valence-corrected chi connectivity index (χ1v) is 2.35. The molecule has 0 aromatic heterocycles. The molecule has 2 nitrogen and oxygen atoms in total. The van der Waals surface area contributed by atoms with E-state index in [-0.39, 0.29) is 0 Å². The fourth-order valence-corrected chi connectivity index (χ4v) is 0.228. The average Bonchev–Trinajstić information content (AvgIpc) is 1.61. The van der Waals surface area contributed by atoms with Crippen molar-refractivity contribution in [2.75, 3.05) is 0 Å². The first-order chi connectivity index (χ1) is 3.27. The van der Waals surface area contributed by atoms with Crippen molar-refractivity contribution in [3.8, 4) is 0 Å². The molecule has 0 aromatic rings. The lowest BCUT2D eigenvalue weighted by atomic mass is 10.5. The smallest absolute Gasteiger partial charge is 0.116 e. The highest BCUT2D eigenvalue weighted by Crippen LogP contribution is 1.71. The van der Waals surface area contributed by atoms with E-state index in [1.807, 2.05) is 6.92 Å². The second kappa shape index (κ2) is 3.53. The molecular formula is C5H10N2. The summed E-state index contributed by atoms with van der Waals surface area (Å²) in [6, 6.07) is 0. The Morgan fingerprint density at radius 1 is 1.86 bits per heavy atom. The minimum absolute atomic E-state index is 0.377. The Morgan fingerprint density at radius 2 is 2.43 bits per heavy atom. The molecule has 0 atom stereocenters. The average molecular weight is 98.1 g/mol. The van der Waals surface area contributed by atoms with Crippen LogP contribution in [0.5, 0.6) is 0 Å². The molecule has 0 heterocycles. The highest BCUT2D eigenvalue weighted by molar-refractivity contribution is 5.84. The SMILES string of the molecule is CCC=NC(C)=N. The summed E-state index contributed by atoms with van der Waals surface area (Å²) in [5.74, 6) is 0.377. The van der Waals surface area contributed by atoms with Gasteiger partial charge in [-0.15, -0.1) is 0 Å². The Hall–Kier alpha value is -0.660. The molecule has 0 saturated heterocycles. The van der Waals surface area contributed by atoms with E-state index >= 15 is 0 Å². The Morgan fingerprint density at radius 3 is 2.57 bits per heavy atom. The van der Waals surface area contributed by atoms with Crippen LogP contribution in [0.25, 0.3) is 0 Å². The second-order valence-corrected chi connectivity index (χ2v) is 1.31. The fourth-order valence-electron chi connectivity index (χ4n) is 0.228. The van der Waals surface area contributed by atoms with Gasteiger partial charge >= 0.3 is 0 Å². The molecule has 40 valence electrons. The molecule has 0 fully saturated rings. The number of nitrogens with one attached hydrogen (secondary N) is 1. The molecule has 0 rings (SSSR count). The lowest BCUT2D eigenvalue weighted by molar-refractivity contribution is 1.31. The Balaban J connectivity index is 3.26. The van der Waals surface area contributed by atoms with E-state index < -0.39 is 0 Å². The molecule has 2 heteroatoms. The zero-order chi connectivity index (χ0) is 5.70. The van der Waals surface area contributed by atoms with Gasteiger partial charge in [-0.3, -0.25) is 5.41 Å². The second-order valence-electron chi connectivity index (χ2n) is 1.31. The Labute approximate surface area is 43.8 Å². The van der Waals surface area contributed by atoms with E-state index in [0.29, 0.717) is 5.84 Å². The van der Waals surface area contributed by atoms with Crippen LogP contribution < -0.4 is 0 Å². The predicted molar refractivity (Wildman–Crippen MR) is 32.2 cm³/mol. The van der Waals surface area contributed by atoms with Gasteiger partial charge in [0.2, 0.25) is 0 Å². The number of aliphatic imine (C=N–C) groups is 1. The largest absolute Gasteiger partial charge is 0.287 e. The highest BCUT2D eigenvalue weighted by atomic mass is 14.8. The molecule has 0 unspecified atom stereocenters. The van der Waals surface area contributed by atoms with Crippen molar-refractivity contribution in [2.45, 2.75) is 20.3 Å². The van der Waals surface area contributed by atoms with Gasteiger partial charge in [-0.05, 0) is 13.3 Å². The predicted octanol–water partition coefficient (Wildman–Crippen LogP) is 1.46. The Kier molecular flexibility index (Phi) is 3.19. The normalized spacial score (nSPS) is 10.0. The van der Waals surface area contributed by atoms with Crippen molar-refractivity contribution in [2.24, 2.45) is 4.99 Å². The van der Waals surface area contributed by atoms with Crippen LogP contribution in [0.1, 0.15) is 20.3 Å². The maximum atomic E-state index is 6.80. The van der Waals surface area contributed by atoms with Gasteiger partial charge in [-0.2, -0.15) is 0 Å². The number of amidine groups is 1. The van der Waals surface area contributed by atoms with Crippen molar-refractivity contribution in [3.05, 3.63) is 0 Å². The van der Waals surface area contributed by atoms with E-state index in [0.717, 1.165) is 6.42 Å². The molecule has 0 aliphatic carbocycles. The van der Waals surface area contributed by atoms with Crippen LogP contribution in [0, 0.1) is 5.41 Å². The minimum Gasteiger partial charge on any atom is -0.287 e. The van der Waals surface area contributed by atoms with Crippen molar-refractivity contribution < 1.29 is 0 Å². The van der Waals surface area contributed by atoms with Gasteiger partial charge in [0.15, 0.2) is 0 Å². The third-order valence-corrected chi connectivity index (χ3v) is 0.468. The molecule has 0 amide bonds. The lowest BCUT2D eigenvalue weighted by Crippen LogP contribution is -1.79. The van der Waals surface area contributed by atoms with Crippen LogP contribution in [0.2, 0.25) is 0 Å². The Bertz CT molecular complexity index is 84.1. The fraction of sp³-hybridized carbons (Fsp3) is 0.600. The van der Waals surface area contributed by atoms with E-state index in [1.165, 1.54) is 0 Å². The molecule has 1 N–H and O–H groups in total. The van der Waals surface area contributed by atoms with E-state index in [1.54, 1.807) is 13.1 Å². The van der Waals surface area contributed by atoms with Crippen LogP contribution in [0.4, 0.5) is 0 Å². The van der Waals surface area contributed by atoms with Gasteiger partial charge in [0.25, 0.3) is 0 Å². The third kappa shape index (κ3) is 5.34. The standard InChI is InChI=1S/C5H10N2/c1-3-4-7-5(2)6/h4,6H,3H2,1-2H3. The summed E-state index contributed by atoms with van der Waals surface area (Å²) in [4.78, 5) is 3.70. The van der Waals surface area contributed by atoms with Gasteiger partial charge < -0.3 is 0 Å². The maximum Gasteiger partial charge on any atom is 0.116 e. The van der Waals surface area contributed by atoms with E-state index in [2.05, 4.69) is 4.99 Å². The van der Waals surface area contributed by atoms with Crippen molar-refractivity contribution >= 4 is 12.1 Å². The highest BCUT2D eigenvalue weighted by Gasteiger charge is 1.70. The number of rotatable bonds is 1. The molecule has 0 saturated carbocycles. The molecule has 7 heavy (non-hydrogen) atoms. The molecule has 0 aromatic carbocycles. The number of hydrogen-bond acceptors (Lipinski definition) is 1.